The second-order valence-corrected chi connectivity index (χ2v) is 6.10. The highest BCUT2D eigenvalue weighted by molar-refractivity contribution is 7.39. The zero-order chi connectivity index (χ0) is 7.84. The molecule has 5 atom stereocenters. The van der Waals surface area contributed by atoms with E-state index in [2.05, 4.69) is 13.8 Å². The van der Waals surface area contributed by atoms with E-state index in [1.807, 2.05) is 0 Å². The van der Waals surface area contributed by atoms with Crippen molar-refractivity contribution in [1.82, 2.24) is 0 Å². The second kappa shape index (κ2) is 3.05. The van der Waals surface area contributed by atoms with E-state index >= 15 is 0 Å². The topological polar surface area (TPSA) is 0 Å². The lowest BCUT2D eigenvalue weighted by atomic mass is 9.77. The Morgan fingerprint density at radius 1 is 1.09 bits per heavy atom. The quantitative estimate of drug-likeness (QED) is 0.490. The maximum absolute atomic E-state index is 2.46. The van der Waals surface area contributed by atoms with Crippen molar-refractivity contribution in [2.45, 2.75) is 38.8 Å². The first kappa shape index (κ1) is 8.05. The van der Waals surface area contributed by atoms with Crippen molar-refractivity contribution in [2.24, 2.45) is 17.8 Å². The fourth-order valence-corrected chi connectivity index (χ4v) is 4.71. The van der Waals surface area contributed by atoms with Gasteiger partial charge < -0.3 is 0 Å². The third-order valence-corrected chi connectivity index (χ3v) is 5.95. The maximum Gasteiger partial charge on any atom is -0.0208 e. The van der Waals surface area contributed by atoms with Gasteiger partial charge in [0.2, 0.25) is 0 Å². The van der Waals surface area contributed by atoms with Crippen molar-refractivity contribution >= 4 is 8.58 Å². The van der Waals surface area contributed by atoms with Gasteiger partial charge in [0.05, 0.1) is 0 Å². The summed E-state index contributed by atoms with van der Waals surface area (Å²) in [5.41, 5.74) is 1.13. The van der Waals surface area contributed by atoms with Crippen LogP contribution in [0.3, 0.4) is 0 Å². The van der Waals surface area contributed by atoms with Crippen molar-refractivity contribution in [2.75, 3.05) is 6.16 Å². The summed E-state index contributed by atoms with van der Waals surface area (Å²) >= 11 is 0. The minimum Gasteiger partial charge on any atom is -0.118 e. The first-order valence-corrected chi connectivity index (χ1v) is 6.29. The van der Waals surface area contributed by atoms with Crippen LogP contribution in [0.25, 0.3) is 0 Å². The van der Waals surface area contributed by atoms with E-state index in [0.717, 1.165) is 23.4 Å². The van der Waals surface area contributed by atoms with Gasteiger partial charge in [-0.2, -0.15) is 0 Å². The molecule has 1 aliphatic heterocycles. The largest absolute Gasteiger partial charge is 0.118 e. The summed E-state index contributed by atoms with van der Waals surface area (Å²) < 4.78 is 0. The second-order valence-electron chi connectivity index (χ2n) is 4.54. The van der Waals surface area contributed by atoms with Crippen LogP contribution in [0.2, 0.25) is 0 Å². The molecule has 2 rings (SSSR count). The minimum absolute atomic E-state index is 1.05. The zero-order valence-corrected chi connectivity index (χ0v) is 8.64. The molecule has 1 saturated heterocycles. The number of fused-ring (bicyclic) bond motifs is 2. The van der Waals surface area contributed by atoms with Gasteiger partial charge in [-0.15, -0.1) is 8.58 Å². The predicted molar refractivity (Wildman–Crippen MR) is 52.6 cm³/mol. The van der Waals surface area contributed by atoms with Gasteiger partial charge in [0.1, 0.15) is 0 Å². The Balaban J connectivity index is 2.02. The van der Waals surface area contributed by atoms with E-state index in [9.17, 15) is 0 Å². The first-order chi connectivity index (χ1) is 5.27. The summed E-state index contributed by atoms with van der Waals surface area (Å²) in [4.78, 5) is 0. The number of hydrogen-bond acceptors (Lipinski definition) is 0. The molecule has 0 aromatic carbocycles. The van der Waals surface area contributed by atoms with Gasteiger partial charge in [0.25, 0.3) is 0 Å². The highest BCUT2D eigenvalue weighted by Crippen LogP contribution is 2.48. The summed E-state index contributed by atoms with van der Waals surface area (Å²) in [7, 11) is 1.29. The smallest absolute Gasteiger partial charge is 0.0208 e. The van der Waals surface area contributed by atoms with Crippen LogP contribution < -0.4 is 0 Å². The molecule has 64 valence electrons. The summed E-state index contributed by atoms with van der Waals surface area (Å²) in [5, 5.41) is 0. The molecule has 2 aliphatic rings. The average molecular weight is 170 g/mol. The fourth-order valence-electron chi connectivity index (χ4n) is 2.66. The normalized spacial score (nSPS) is 52.9. The monoisotopic (exact) mass is 170 g/mol. The molecular formula is C10H19P. The van der Waals surface area contributed by atoms with Gasteiger partial charge in [-0.1, -0.05) is 13.8 Å². The maximum atomic E-state index is 2.46. The molecular weight excluding hydrogens is 151 g/mol. The van der Waals surface area contributed by atoms with Gasteiger partial charge >= 0.3 is 0 Å². The van der Waals surface area contributed by atoms with Crippen LogP contribution in [0.1, 0.15) is 33.1 Å². The summed E-state index contributed by atoms with van der Waals surface area (Å²) in [5.74, 6) is 3.21. The Hall–Kier alpha value is 0.430. The molecule has 2 fully saturated rings. The summed E-state index contributed by atoms with van der Waals surface area (Å²) in [6.45, 7) is 4.92. The van der Waals surface area contributed by atoms with Crippen molar-refractivity contribution < 1.29 is 0 Å². The molecule has 0 N–H and O–H groups in total. The molecule has 1 aliphatic carbocycles. The molecule has 0 spiro atoms. The Kier molecular flexibility index (Phi) is 2.23. The van der Waals surface area contributed by atoms with Crippen LogP contribution in [0, 0.1) is 17.8 Å². The van der Waals surface area contributed by atoms with Crippen molar-refractivity contribution in [3.8, 4) is 0 Å². The first-order valence-electron chi connectivity index (χ1n) is 5.00. The van der Waals surface area contributed by atoms with Crippen LogP contribution in [0.5, 0.6) is 0 Å². The highest BCUT2D eigenvalue weighted by atomic mass is 31.1. The van der Waals surface area contributed by atoms with E-state index in [-0.39, 0.29) is 0 Å². The zero-order valence-electron chi connectivity index (χ0n) is 7.64. The van der Waals surface area contributed by atoms with Crippen LogP contribution in [0.4, 0.5) is 0 Å². The molecule has 1 heteroatoms. The molecule has 0 radical (unpaired) electrons. The Labute approximate surface area is 71.9 Å². The lowest BCUT2D eigenvalue weighted by molar-refractivity contribution is 0.229. The Morgan fingerprint density at radius 2 is 1.91 bits per heavy atom. The van der Waals surface area contributed by atoms with Crippen LogP contribution >= 0.6 is 8.58 Å². The lowest BCUT2D eigenvalue weighted by Crippen LogP contribution is -2.33. The lowest BCUT2D eigenvalue weighted by Gasteiger charge is -2.42. The molecule has 2 unspecified atom stereocenters. The van der Waals surface area contributed by atoms with Gasteiger partial charge in [-0.3, -0.25) is 0 Å². The van der Waals surface area contributed by atoms with Crippen LogP contribution in [-0.4, -0.2) is 11.8 Å². The van der Waals surface area contributed by atoms with Crippen molar-refractivity contribution in [1.29, 1.82) is 0 Å². The van der Waals surface area contributed by atoms with E-state index in [1.54, 1.807) is 12.6 Å². The summed E-state index contributed by atoms with van der Waals surface area (Å²) in [6, 6.07) is 0. The molecule has 1 saturated carbocycles. The third-order valence-electron chi connectivity index (χ3n) is 3.74. The van der Waals surface area contributed by atoms with Crippen LogP contribution in [-0.2, 0) is 0 Å². The third kappa shape index (κ3) is 1.47. The van der Waals surface area contributed by atoms with Gasteiger partial charge in [-0.05, 0) is 48.8 Å². The van der Waals surface area contributed by atoms with E-state index in [0.29, 0.717) is 0 Å². The van der Waals surface area contributed by atoms with Gasteiger partial charge in [-0.25, -0.2) is 0 Å². The van der Waals surface area contributed by atoms with Gasteiger partial charge in [0, 0.05) is 0 Å². The molecule has 2 bridgehead atoms. The van der Waals surface area contributed by atoms with E-state index < -0.39 is 0 Å². The molecule has 0 nitrogen and oxygen atoms in total. The molecule has 0 aromatic heterocycles. The average Bonchev–Trinajstić information content (AvgIpc) is 2.02. The fraction of sp³-hybridized carbons (Fsp3) is 1.00. The van der Waals surface area contributed by atoms with E-state index in [1.165, 1.54) is 21.4 Å². The van der Waals surface area contributed by atoms with Crippen molar-refractivity contribution in [3.05, 3.63) is 0 Å². The standard InChI is InChI=1S/C10H19P/c1-7-3-4-9-5-10(7)11-6-8(9)2/h7-11H,3-6H2,1-2H3/t7?,8-,9-,10-/m0/s1. The summed E-state index contributed by atoms with van der Waals surface area (Å²) in [6.07, 6.45) is 6.16. The Bertz CT molecular complexity index is 128. The molecule has 11 heavy (non-hydrogen) atoms. The van der Waals surface area contributed by atoms with Crippen LogP contribution in [0.15, 0.2) is 0 Å². The molecule has 0 amide bonds. The van der Waals surface area contributed by atoms with Gasteiger partial charge in [0.15, 0.2) is 0 Å². The SMILES string of the molecule is CC1CC[C@H]2C[C@@H]1PC[C@@H]2C. The minimum atomic E-state index is 1.05. The Morgan fingerprint density at radius 3 is 2.73 bits per heavy atom. The van der Waals surface area contributed by atoms with E-state index in [4.69, 9.17) is 0 Å². The predicted octanol–water partition coefficient (Wildman–Crippen LogP) is 3.12. The molecule has 1 heterocycles. The molecule has 0 aromatic rings. The number of hydrogen-bond donors (Lipinski definition) is 0. The van der Waals surface area contributed by atoms with Crippen molar-refractivity contribution in [3.63, 3.8) is 0 Å². The highest BCUT2D eigenvalue weighted by Gasteiger charge is 2.34. The number of rotatable bonds is 0.